The van der Waals surface area contributed by atoms with Crippen molar-refractivity contribution in [1.82, 2.24) is 10.2 Å². The molecule has 0 spiro atoms. The van der Waals surface area contributed by atoms with Crippen molar-refractivity contribution < 1.29 is 9.59 Å². The Kier molecular flexibility index (Phi) is 8.54. The van der Waals surface area contributed by atoms with Crippen LogP contribution in [0.1, 0.15) is 43.9 Å². The van der Waals surface area contributed by atoms with Crippen molar-refractivity contribution >= 4 is 35.0 Å². The molecule has 0 aliphatic heterocycles. The van der Waals surface area contributed by atoms with Gasteiger partial charge in [-0.3, -0.25) is 9.59 Å². The van der Waals surface area contributed by atoms with E-state index in [1.54, 1.807) is 30.0 Å². The van der Waals surface area contributed by atoms with Crippen molar-refractivity contribution in [1.29, 1.82) is 0 Å². The summed E-state index contributed by atoms with van der Waals surface area (Å²) in [6.45, 7) is 7.81. The van der Waals surface area contributed by atoms with Crippen LogP contribution in [-0.2, 0) is 22.6 Å². The number of aryl methyl sites for hydroxylation is 1. The fourth-order valence-corrected chi connectivity index (χ4v) is 3.49. The van der Waals surface area contributed by atoms with Gasteiger partial charge < -0.3 is 10.2 Å². The first-order valence-corrected chi connectivity index (χ1v) is 10.6. The molecule has 29 heavy (non-hydrogen) atoms. The van der Waals surface area contributed by atoms with Crippen LogP contribution in [0, 0.1) is 6.92 Å². The summed E-state index contributed by atoms with van der Waals surface area (Å²) in [6, 6.07) is 12.3. The molecule has 2 amide bonds. The minimum Gasteiger partial charge on any atom is -0.352 e. The van der Waals surface area contributed by atoms with Gasteiger partial charge in [0, 0.05) is 28.2 Å². The molecular formula is C23H28Cl2N2O2. The molecule has 4 nitrogen and oxygen atoms in total. The van der Waals surface area contributed by atoms with Gasteiger partial charge in [0.2, 0.25) is 11.8 Å². The quantitative estimate of drug-likeness (QED) is 0.622. The Labute approximate surface area is 183 Å². The molecule has 2 rings (SSSR count). The van der Waals surface area contributed by atoms with E-state index in [1.165, 1.54) is 0 Å². The average Bonchev–Trinajstić information content (AvgIpc) is 2.68. The van der Waals surface area contributed by atoms with Gasteiger partial charge >= 0.3 is 0 Å². The molecular weight excluding hydrogens is 407 g/mol. The van der Waals surface area contributed by atoms with E-state index < -0.39 is 6.04 Å². The van der Waals surface area contributed by atoms with E-state index in [9.17, 15) is 9.59 Å². The number of nitrogens with zero attached hydrogens (tertiary/aromatic N) is 1. The standard InChI is InChI=1S/C23H28Cl2N2O2/c1-5-16(3)26-23(29)17(4)27(14-19-20(24)11-8-12-21(19)25)22(28)13-18-10-7-6-9-15(18)2/h6-12,16-17H,5,13-14H2,1-4H3,(H,26,29). The molecule has 0 bridgehead atoms. The fourth-order valence-electron chi connectivity index (χ4n) is 2.97. The van der Waals surface area contributed by atoms with Gasteiger partial charge in [0.1, 0.15) is 6.04 Å². The summed E-state index contributed by atoms with van der Waals surface area (Å²) < 4.78 is 0. The third-order valence-corrected chi connectivity index (χ3v) is 5.87. The van der Waals surface area contributed by atoms with Crippen molar-refractivity contribution in [3.63, 3.8) is 0 Å². The molecule has 0 radical (unpaired) electrons. The maximum absolute atomic E-state index is 13.3. The Morgan fingerprint density at radius 1 is 1.03 bits per heavy atom. The first-order chi connectivity index (χ1) is 13.7. The van der Waals surface area contributed by atoms with Gasteiger partial charge in [-0.15, -0.1) is 0 Å². The summed E-state index contributed by atoms with van der Waals surface area (Å²) in [6.07, 6.45) is 1.02. The molecule has 6 heteroatoms. The predicted molar refractivity (Wildman–Crippen MR) is 119 cm³/mol. The van der Waals surface area contributed by atoms with E-state index in [0.29, 0.717) is 15.6 Å². The molecule has 0 fully saturated rings. The average molecular weight is 435 g/mol. The topological polar surface area (TPSA) is 49.4 Å². The molecule has 1 N–H and O–H groups in total. The predicted octanol–water partition coefficient (Wildman–Crippen LogP) is 5.18. The number of carbonyl (C=O) groups is 2. The van der Waals surface area contributed by atoms with Gasteiger partial charge in [0.05, 0.1) is 6.42 Å². The second-order valence-electron chi connectivity index (χ2n) is 7.32. The highest BCUT2D eigenvalue weighted by Crippen LogP contribution is 2.27. The van der Waals surface area contributed by atoms with Gasteiger partial charge in [0.15, 0.2) is 0 Å². The Balaban J connectivity index is 2.32. The molecule has 0 saturated heterocycles. The third kappa shape index (κ3) is 6.22. The second kappa shape index (κ2) is 10.7. The van der Waals surface area contributed by atoms with Crippen LogP contribution in [0.5, 0.6) is 0 Å². The highest BCUT2D eigenvalue weighted by atomic mass is 35.5. The molecule has 0 saturated carbocycles. The first kappa shape index (κ1) is 23.2. The molecule has 2 atom stereocenters. The van der Waals surface area contributed by atoms with Crippen LogP contribution in [0.3, 0.4) is 0 Å². The lowest BCUT2D eigenvalue weighted by Crippen LogP contribution is -2.50. The van der Waals surface area contributed by atoms with Gasteiger partial charge in [-0.1, -0.05) is 60.5 Å². The van der Waals surface area contributed by atoms with Gasteiger partial charge in [-0.25, -0.2) is 0 Å². The Morgan fingerprint density at radius 3 is 2.24 bits per heavy atom. The molecule has 0 aromatic heterocycles. The Morgan fingerprint density at radius 2 is 1.66 bits per heavy atom. The summed E-state index contributed by atoms with van der Waals surface area (Å²) in [5.74, 6) is -0.345. The monoisotopic (exact) mass is 434 g/mol. The van der Waals surface area contributed by atoms with E-state index >= 15 is 0 Å². The normalized spacial score (nSPS) is 12.9. The van der Waals surface area contributed by atoms with Crippen molar-refractivity contribution in [3.05, 3.63) is 69.2 Å². The molecule has 2 unspecified atom stereocenters. The molecule has 2 aromatic carbocycles. The summed E-state index contributed by atoms with van der Waals surface area (Å²) >= 11 is 12.7. The summed E-state index contributed by atoms with van der Waals surface area (Å²) in [4.78, 5) is 27.6. The number of hydrogen-bond acceptors (Lipinski definition) is 2. The number of carbonyl (C=O) groups excluding carboxylic acids is 2. The Bertz CT molecular complexity index is 849. The summed E-state index contributed by atoms with van der Waals surface area (Å²) in [5.41, 5.74) is 2.60. The maximum Gasteiger partial charge on any atom is 0.242 e. The minimum atomic E-state index is -0.659. The zero-order valence-corrected chi connectivity index (χ0v) is 18.8. The van der Waals surface area contributed by atoms with Crippen LogP contribution in [-0.4, -0.2) is 28.8 Å². The van der Waals surface area contributed by atoms with E-state index in [2.05, 4.69) is 5.32 Å². The zero-order chi connectivity index (χ0) is 21.6. The number of hydrogen-bond donors (Lipinski definition) is 1. The molecule has 0 aliphatic rings. The van der Waals surface area contributed by atoms with Crippen LogP contribution in [0.4, 0.5) is 0 Å². The summed E-state index contributed by atoms with van der Waals surface area (Å²) in [5, 5.41) is 3.90. The zero-order valence-electron chi connectivity index (χ0n) is 17.3. The van der Waals surface area contributed by atoms with E-state index in [-0.39, 0.29) is 30.8 Å². The number of amides is 2. The number of benzene rings is 2. The molecule has 0 heterocycles. The first-order valence-electron chi connectivity index (χ1n) is 9.81. The van der Waals surface area contributed by atoms with Crippen LogP contribution in [0.25, 0.3) is 0 Å². The number of nitrogens with one attached hydrogen (secondary N) is 1. The maximum atomic E-state index is 13.3. The minimum absolute atomic E-state index is 0.0298. The smallest absolute Gasteiger partial charge is 0.242 e. The highest BCUT2D eigenvalue weighted by Gasteiger charge is 2.28. The van der Waals surface area contributed by atoms with Crippen molar-refractivity contribution in [2.75, 3.05) is 0 Å². The lowest BCUT2D eigenvalue weighted by Gasteiger charge is -2.30. The van der Waals surface area contributed by atoms with Gasteiger partial charge in [0.25, 0.3) is 0 Å². The second-order valence-corrected chi connectivity index (χ2v) is 8.13. The Hall–Kier alpha value is -2.04. The number of halogens is 2. The fraction of sp³-hybridized carbons (Fsp3) is 0.391. The molecule has 0 aliphatic carbocycles. The largest absolute Gasteiger partial charge is 0.352 e. The van der Waals surface area contributed by atoms with Crippen molar-refractivity contribution in [2.24, 2.45) is 0 Å². The van der Waals surface area contributed by atoms with E-state index in [0.717, 1.165) is 17.5 Å². The lowest BCUT2D eigenvalue weighted by atomic mass is 10.0. The van der Waals surface area contributed by atoms with Crippen LogP contribution in [0.15, 0.2) is 42.5 Å². The van der Waals surface area contributed by atoms with Crippen molar-refractivity contribution in [3.8, 4) is 0 Å². The highest BCUT2D eigenvalue weighted by molar-refractivity contribution is 6.36. The van der Waals surface area contributed by atoms with Crippen molar-refractivity contribution in [2.45, 2.75) is 59.2 Å². The SMILES string of the molecule is CCC(C)NC(=O)C(C)N(Cc1c(Cl)cccc1Cl)C(=O)Cc1ccccc1C. The van der Waals surface area contributed by atoms with E-state index in [1.807, 2.05) is 45.0 Å². The van der Waals surface area contributed by atoms with Crippen LogP contribution < -0.4 is 5.32 Å². The molecule has 156 valence electrons. The lowest BCUT2D eigenvalue weighted by molar-refractivity contribution is -0.140. The van der Waals surface area contributed by atoms with Gasteiger partial charge in [-0.2, -0.15) is 0 Å². The number of rotatable bonds is 8. The summed E-state index contributed by atoms with van der Waals surface area (Å²) in [7, 11) is 0. The van der Waals surface area contributed by atoms with Crippen LogP contribution in [0.2, 0.25) is 10.0 Å². The third-order valence-electron chi connectivity index (χ3n) is 5.16. The van der Waals surface area contributed by atoms with Gasteiger partial charge in [-0.05, 0) is 50.5 Å². The van der Waals surface area contributed by atoms with Crippen LogP contribution >= 0.6 is 23.2 Å². The molecule has 2 aromatic rings. The van der Waals surface area contributed by atoms with E-state index in [4.69, 9.17) is 23.2 Å².